The molecule has 0 spiro atoms. The normalized spacial score (nSPS) is 12.8. The SMILES string of the molecule is COC(=O)c1cccc(-c2cccc(S(=O)(=O)N(C)CC(C)CO)c2)c1. The first kappa shape index (κ1) is 20.1. The number of benzene rings is 2. The highest BCUT2D eigenvalue weighted by Gasteiger charge is 2.22. The van der Waals surface area contributed by atoms with Crippen molar-refractivity contribution in [1.29, 1.82) is 0 Å². The van der Waals surface area contributed by atoms with Crippen LogP contribution in [0.3, 0.4) is 0 Å². The van der Waals surface area contributed by atoms with Gasteiger partial charge in [-0.15, -0.1) is 0 Å². The van der Waals surface area contributed by atoms with Crippen molar-refractivity contribution in [3.05, 3.63) is 54.1 Å². The molecule has 0 aromatic heterocycles. The van der Waals surface area contributed by atoms with Crippen molar-refractivity contribution in [2.45, 2.75) is 11.8 Å². The first-order chi connectivity index (χ1) is 12.3. The Hall–Kier alpha value is -2.22. The molecule has 2 aromatic carbocycles. The third-order valence-corrected chi connectivity index (χ3v) is 5.86. The van der Waals surface area contributed by atoms with Crippen LogP contribution in [-0.2, 0) is 14.8 Å². The van der Waals surface area contributed by atoms with E-state index in [2.05, 4.69) is 0 Å². The molecular weight excluding hydrogens is 354 g/mol. The van der Waals surface area contributed by atoms with Gasteiger partial charge < -0.3 is 9.84 Å². The molecule has 2 rings (SSSR count). The highest BCUT2D eigenvalue weighted by molar-refractivity contribution is 7.89. The van der Waals surface area contributed by atoms with E-state index < -0.39 is 16.0 Å². The maximum absolute atomic E-state index is 12.8. The molecule has 0 aliphatic heterocycles. The van der Waals surface area contributed by atoms with Gasteiger partial charge in [0.15, 0.2) is 0 Å². The number of methoxy groups -OCH3 is 1. The van der Waals surface area contributed by atoms with Crippen molar-refractivity contribution >= 4 is 16.0 Å². The smallest absolute Gasteiger partial charge is 0.337 e. The fraction of sp³-hybridized carbons (Fsp3) is 0.316. The summed E-state index contributed by atoms with van der Waals surface area (Å²) in [5, 5.41) is 9.14. The summed E-state index contributed by atoms with van der Waals surface area (Å²) >= 11 is 0. The zero-order chi connectivity index (χ0) is 19.3. The van der Waals surface area contributed by atoms with E-state index in [9.17, 15) is 13.2 Å². The molecule has 140 valence electrons. The van der Waals surface area contributed by atoms with Crippen LogP contribution in [0.1, 0.15) is 17.3 Å². The molecule has 0 bridgehead atoms. The summed E-state index contributed by atoms with van der Waals surface area (Å²) in [7, 11) is -0.872. The van der Waals surface area contributed by atoms with Crippen LogP contribution in [0.4, 0.5) is 0 Å². The molecule has 6 nitrogen and oxygen atoms in total. The first-order valence-corrected chi connectivity index (χ1v) is 9.59. The fourth-order valence-electron chi connectivity index (χ4n) is 2.55. The summed E-state index contributed by atoms with van der Waals surface area (Å²) in [6, 6.07) is 13.4. The number of hydrogen-bond acceptors (Lipinski definition) is 5. The van der Waals surface area contributed by atoms with Crippen LogP contribution < -0.4 is 0 Å². The Morgan fingerprint density at radius 3 is 2.38 bits per heavy atom. The Balaban J connectivity index is 2.38. The van der Waals surface area contributed by atoms with Crippen molar-refractivity contribution in [3.8, 4) is 11.1 Å². The number of ether oxygens (including phenoxy) is 1. The molecule has 1 unspecified atom stereocenters. The van der Waals surface area contributed by atoms with Gasteiger partial charge in [-0.2, -0.15) is 0 Å². The molecule has 0 fully saturated rings. The number of aliphatic hydroxyl groups excluding tert-OH is 1. The van der Waals surface area contributed by atoms with E-state index in [1.54, 1.807) is 49.4 Å². The molecule has 0 radical (unpaired) electrons. The summed E-state index contributed by atoms with van der Waals surface area (Å²) < 4.78 is 31.5. The van der Waals surface area contributed by atoms with Crippen LogP contribution >= 0.6 is 0 Å². The van der Waals surface area contributed by atoms with Crippen molar-refractivity contribution in [1.82, 2.24) is 4.31 Å². The van der Waals surface area contributed by atoms with Gasteiger partial charge in [0, 0.05) is 20.2 Å². The van der Waals surface area contributed by atoms with Crippen LogP contribution in [0, 0.1) is 5.92 Å². The van der Waals surface area contributed by atoms with E-state index in [1.807, 2.05) is 0 Å². The zero-order valence-electron chi connectivity index (χ0n) is 15.0. The second kappa shape index (κ2) is 8.44. The maximum Gasteiger partial charge on any atom is 0.337 e. The molecule has 1 atom stereocenters. The number of carbonyl (C=O) groups is 1. The Kier molecular flexibility index (Phi) is 6.52. The lowest BCUT2D eigenvalue weighted by Gasteiger charge is -2.20. The lowest BCUT2D eigenvalue weighted by Crippen LogP contribution is -2.32. The minimum absolute atomic E-state index is 0.0831. The van der Waals surface area contributed by atoms with Crippen molar-refractivity contribution in [2.75, 3.05) is 27.3 Å². The van der Waals surface area contributed by atoms with Gasteiger partial charge in [-0.1, -0.05) is 31.2 Å². The Bertz CT molecular complexity index is 879. The average molecular weight is 377 g/mol. The zero-order valence-corrected chi connectivity index (χ0v) is 15.9. The third kappa shape index (κ3) is 4.49. The summed E-state index contributed by atoms with van der Waals surface area (Å²) in [6.45, 7) is 1.92. The molecule has 0 saturated heterocycles. The molecule has 0 heterocycles. The summed E-state index contributed by atoms with van der Waals surface area (Å²) in [5.74, 6) is -0.608. The van der Waals surface area contributed by atoms with E-state index in [0.717, 1.165) is 5.56 Å². The summed E-state index contributed by atoms with van der Waals surface area (Å²) in [6.07, 6.45) is 0. The molecule has 0 amide bonds. The van der Waals surface area contributed by atoms with Crippen molar-refractivity contribution < 1.29 is 23.1 Å². The predicted molar refractivity (Wildman–Crippen MR) is 99.3 cm³/mol. The first-order valence-electron chi connectivity index (χ1n) is 8.15. The quantitative estimate of drug-likeness (QED) is 0.749. The number of hydrogen-bond donors (Lipinski definition) is 1. The highest BCUT2D eigenvalue weighted by Crippen LogP contribution is 2.25. The second-order valence-electron chi connectivity index (χ2n) is 6.17. The summed E-state index contributed by atoms with van der Waals surface area (Å²) in [5.41, 5.74) is 1.80. The van der Waals surface area contributed by atoms with E-state index in [0.29, 0.717) is 11.1 Å². The maximum atomic E-state index is 12.8. The van der Waals surface area contributed by atoms with Gasteiger partial charge in [-0.25, -0.2) is 17.5 Å². The second-order valence-corrected chi connectivity index (χ2v) is 8.22. The number of nitrogens with zero attached hydrogens (tertiary/aromatic N) is 1. The van der Waals surface area contributed by atoms with Crippen molar-refractivity contribution in [2.24, 2.45) is 5.92 Å². The number of carbonyl (C=O) groups excluding carboxylic acids is 1. The van der Waals surface area contributed by atoms with E-state index in [-0.39, 0.29) is 24.0 Å². The number of rotatable bonds is 7. The highest BCUT2D eigenvalue weighted by atomic mass is 32.2. The minimum Gasteiger partial charge on any atom is -0.465 e. The number of esters is 1. The number of aliphatic hydroxyl groups is 1. The Labute approximate surface area is 154 Å². The fourth-order valence-corrected chi connectivity index (χ4v) is 3.89. The summed E-state index contributed by atoms with van der Waals surface area (Å²) in [4.78, 5) is 11.9. The average Bonchev–Trinajstić information content (AvgIpc) is 2.67. The number of sulfonamides is 1. The van der Waals surface area contributed by atoms with Crippen LogP contribution in [-0.4, -0.2) is 51.1 Å². The van der Waals surface area contributed by atoms with E-state index in [1.165, 1.54) is 24.5 Å². The van der Waals surface area contributed by atoms with Gasteiger partial charge in [-0.05, 0) is 41.3 Å². The largest absolute Gasteiger partial charge is 0.465 e. The third-order valence-electron chi connectivity index (χ3n) is 4.04. The molecular formula is C19H23NO5S. The van der Waals surface area contributed by atoms with Crippen LogP contribution in [0.15, 0.2) is 53.4 Å². The predicted octanol–water partition coefficient (Wildman–Crippen LogP) is 2.39. The minimum atomic E-state index is -3.68. The molecule has 7 heteroatoms. The van der Waals surface area contributed by atoms with Gasteiger partial charge in [0.25, 0.3) is 0 Å². The molecule has 2 aromatic rings. The van der Waals surface area contributed by atoms with Gasteiger partial charge in [0.05, 0.1) is 17.6 Å². The Morgan fingerprint density at radius 2 is 1.77 bits per heavy atom. The molecule has 26 heavy (non-hydrogen) atoms. The molecule has 0 aliphatic rings. The van der Waals surface area contributed by atoms with Crippen LogP contribution in [0.25, 0.3) is 11.1 Å². The lowest BCUT2D eigenvalue weighted by atomic mass is 10.0. The Morgan fingerprint density at radius 1 is 1.15 bits per heavy atom. The lowest BCUT2D eigenvalue weighted by molar-refractivity contribution is 0.0600. The van der Waals surface area contributed by atoms with Gasteiger partial charge >= 0.3 is 5.97 Å². The van der Waals surface area contributed by atoms with Gasteiger partial charge in [-0.3, -0.25) is 0 Å². The van der Waals surface area contributed by atoms with Crippen LogP contribution in [0.2, 0.25) is 0 Å². The monoisotopic (exact) mass is 377 g/mol. The van der Waals surface area contributed by atoms with Gasteiger partial charge in [0.1, 0.15) is 0 Å². The van der Waals surface area contributed by atoms with Gasteiger partial charge in [0.2, 0.25) is 10.0 Å². The van der Waals surface area contributed by atoms with E-state index >= 15 is 0 Å². The molecule has 0 saturated carbocycles. The van der Waals surface area contributed by atoms with Crippen LogP contribution in [0.5, 0.6) is 0 Å². The van der Waals surface area contributed by atoms with E-state index in [4.69, 9.17) is 9.84 Å². The standard InChI is InChI=1S/C19H23NO5S/c1-14(13-21)12-20(2)26(23,24)18-9-5-7-16(11-18)15-6-4-8-17(10-15)19(22)25-3/h4-11,14,21H,12-13H2,1-3H3. The molecule has 0 aliphatic carbocycles. The van der Waals surface area contributed by atoms with Crippen molar-refractivity contribution in [3.63, 3.8) is 0 Å². The molecule has 1 N–H and O–H groups in total. The topological polar surface area (TPSA) is 83.9 Å².